The number of rotatable bonds is 11. The van der Waals surface area contributed by atoms with E-state index < -0.39 is 0 Å². The highest BCUT2D eigenvalue weighted by molar-refractivity contribution is 4.97. The quantitative estimate of drug-likeness (QED) is 0.466. The Morgan fingerprint density at radius 3 is 2.67 bits per heavy atom. The highest BCUT2D eigenvalue weighted by Crippen LogP contribution is 2.45. The van der Waals surface area contributed by atoms with Crippen LogP contribution >= 0.6 is 0 Å². The van der Waals surface area contributed by atoms with Gasteiger partial charge in [-0.1, -0.05) is 38.3 Å². The lowest BCUT2D eigenvalue weighted by atomic mass is 9.77. The van der Waals surface area contributed by atoms with Gasteiger partial charge in [0.2, 0.25) is 0 Å². The summed E-state index contributed by atoms with van der Waals surface area (Å²) in [7, 11) is 0. The maximum absolute atomic E-state index is 8.79. The van der Waals surface area contributed by atoms with E-state index in [1.807, 2.05) is 6.08 Å². The molecule has 0 aromatic heterocycles. The third-order valence-corrected chi connectivity index (χ3v) is 4.98. The molecule has 0 amide bonds. The van der Waals surface area contributed by atoms with Crippen molar-refractivity contribution in [3.8, 4) is 0 Å². The van der Waals surface area contributed by atoms with Crippen molar-refractivity contribution in [2.24, 2.45) is 11.8 Å². The van der Waals surface area contributed by atoms with Gasteiger partial charge >= 0.3 is 0 Å². The van der Waals surface area contributed by atoms with Crippen molar-refractivity contribution in [3.63, 3.8) is 0 Å². The van der Waals surface area contributed by atoms with Crippen LogP contribution in [0.4, 0.5) is 0 Å². The first-order valence-corrected chi connectivity index (χ1v) is 8.85. The minimum atomic E-state index is 0.150. The molecule has 0 radical (unpaired) electrons. The summed E-state index contributed by atoms with van der Waals surface area (Å²) in [6.45, 7) is 4.17. The minimum Gasteiger partial charge on any atom is -0.392 e. The summed E-state index contributed by atoms with van der Waals surface area (Å²) in [6.07, 6.45) is 14.6. The monoisotopic (exact) mass is 296 g/mol. The zero-order valence-electron chi connectivity index (χ0n) is 13.5. The second-order valence-electron chi connectivity index (χ2n) is 6.48. The number of ether oxygens (including phenoxy) is 2. The van der Waals surface area contributed by atoms with Crippen molar-refractivity contribution >= 4 is 0 Å². The molecule has 2 saturated heterocycles. The summed E-state index contributed by atoms with van der Waals surface area (Å²) in [4.78, 5) is 0. The lowest BCUT2D eigenvalue weighted by Gasteiger charge is -2.27. The van der Waals surface area contributed by atoms with E-state index in [0.29, 0.717) is 24.0 Å². The van der Waals surface area contributed by atoms with E-state index in [-0.39, 0.29) is 6.61 Å². The summed E-state index contributed by atoms with van der Waals surface area (Å²) >= 11 is 0. The smallest absolute Gasteiger partial charge is 0.0633 e. The van der Waals surface area contributed by atoms with Crippen LogP contribution in [0.1, 0.15) is 58.3 Å². The van der Waals surface area contributed by atoms with Gasteiger partial charge < -0.3 is 14.6 Å². The van der Waals surface area contributed by atoms with Gasteiger partial charge in [0.05, 0.1) is 25.4 Å². The van der Waals surface area contributed by atoms with Gasteiger partial charge in [-0.3, -0.25) is 0 Å². The maximum Gasteiger partial charge on any atom is 0.0633 e. The van der Waals surface area contributed by atoms with Gasteiger partial charge in [-0.15, -0.1) is 0 Å². The van der Waals surface area contributed by atoms with Crippen molar-refractivity contribution < 1.29 is 14.6 Å². The first-order chi connectivity index (χ1) is 10.4. The molecule has 122 valence electrons. The van der Waals surface area contributed by atoms with E-state index in [1.54, 1.807) is 0 Å². The molecule has 2 bridgehead atoms. The number of allylic oxidation sites excluding steroid dienone is 1. The fraction of sp³-hybridized carbons (Fsp3) is 0.889. The average molecular weight is 296 g/mol. The van der Waals surface area contributed by atoms with Crippen LogP contribution in [0.15, 0.2) is 12.2 Å². The van der Waals surface area contributed by atoms with Crippen molar-refractivity contribution in [1.29, 1.82) is 0 Å². The largest absolute Gasteiger partial charge is 0.392 e. The van der Waals surface area contributed by atoms with Crippen molar-refractivity contribution in [2.75, 3.05) is 19.8 Å². The highest BCUT2D eigenvalue weighted by Gasteiger charge is 2.48. The molecule has 0 saturated carbocycles. The summed E-state index contributed by atoms with van der Waals surface area (Å²) in [6, 6.07) is 0. The SMILES string of the molecule is CCCCCCOC[C@H]1[C@@H](CCC=CCO)[C@H]2CC[C@@H]1O2. The molecular formula is C18H32O3. The molecule has 3 heteroatoms. The van der Waals surface area contributed by atoms with Crippen molar-refractivity contribution in [2.45, 2.75) is 70.5 Å². The molecule has 0 aromatic rings. The van der Waals surface area contributed by atoms with E-state index >= 15 is 0 Å². The van der Waals surface area contributed by atoms with Gasteiger partial charge in [0.1, 0.15) is 0 Å². The zero-order valence-corrected chi connectivity index (χ0v) is 13.5. The molecule has 0 aromatic carbocycles. The highest BCUT2D eigenvalue weighted by atomic mass is 16.5. The Hall–Kier alpha value is -0.380. The molecular weight excluding hydrogens is 264 g/mol. The predicted molar refractivity (Wildman–Crippen MR) is 85.3 cm³/mol. The Morgan fingerprint density at radius 1 is 1.10 bits per heavy atom. The van der Waals surface area contributed by atoms with E-state index in [0.717, 1.165) is 19.6 Å². The van der Waals surface area contributed by atoms with Crippen molar-refractivity contribution in [1.82, 2.24) is 0 Å². The first kappa shape index (κ1) is 17.0. The first-order valence-electron chi connectivity index (χ1n) is 8.85. The Kier molecular flexibility index (Phi) is 7.76. The molecule has 0 spiro atoms. The van der Waals surface area contributed by atoms with Crippen LogP contribution in [-0.4, -0.2) is 37.1 Å². The van der Waals surface area contributed by atoms with Gasteiger partial charge in [-0.25, -0.2) is 0 Å². The number of fused-ring (bicyclic) bond motifs is 2. The van der Waals surface area contributed by atoms with Gasteiger partial charge in [0, 0.05) is 12.5 Å². The fourth-order valence-corrected chi connectivity index (χ4v) is 3.83. The fourth-order valence-electron chi connectivity index (χ4n) is 3.83. The molecule has 21 heavy (non-hydrogen) atoms. The molecule has 0 unspecified atom stereocenters. The van der Waals surface area contributed by atoms with Gasteiger partial charge in [0.25, 0.3) is 0 Å². The van der Waals surface area contributed by atoms with Gasteiger partial charge in [0.15, 0.2) is 0 Å². The number of hydrogen-bond donors (Lipinski definition) is 1. The Morgan fingerprint density at radius 2 is 1.90 bits per heavy atom. The Labute approximate surface area is 129 Å². The summed E-state index contributed by atoms with van der Waals surface area (Å²) in [5, 5.41) is 8.79. The molecule has 1 N–H and O–H groups in total. The predicted octanol–water partition coefficient (Wildman–Crippen LogP) is 3.71. The van der Waals surface area contributed by atoms with Crippen LogP contribution in [0.2, 0.25) is 0 Å². The summed E-state index contributed by atoms with van der Waals surface area (Å²) in [5.41, 5.74) is 0. The Balaban J connectivity index is 1.67. The van der Waals surface area contributed by atoms with E-state index in [1.165, 1.54) is 44.9 Å². The molecule has 3 nitrogen and oxygen atoms in total. The summed E-state index contributed by atoms with van der Waals surface area (Å²) in [5.74, 6) is 1.25. The molecule has 2 fully saturated rings. The number of unbranched alkanes of at least 4 members (excludes halogenated alkanes) is 3. The molecule has 2 rings (SSSR count). The Bertz CT molecular complexity index is 303. The lowest BCUT2D eigenvalue weighted by Crippen LogP contribution is -2.31. The van der Waals surface area contributed by atoms with Crippen LogP contribution in [0.3, 0.4) is 0 Å². The van der Waals surface area contributed by atoms with E-state index in [2.05, 4.69) is 13.0 Å². The minimum absolute atomic E-state index is 0.150. The number of hydrogen-bond acceptors (Lipinski definition) is 3. The molecule has 2 aliphatic heterocycles. The molecule has 0 aliphatic carbocycles. The van der Waals surface area contributed by atoms with Crippen LogP contribution in [0.5, 0.6) is 0 Å². The third kappa shape index (κ3) is 5.08. The van der Waals surface area contributed by atoms with Gasteiger partial charge in [-0.2, -0.15) is 0 Å². The van der Waals surface area contributed by atoms with Crippen LogP contribution in [0.25, 0.3) is 0 Å². The van der Waals surface area contributed by atoms with Crippen molar-refractivity contribution in [3.05, 3.63) is 12.2 Å². The van der Waals surface area contributed by atoms with E-state index in [9.17, 15) is 0 Å². The lowest BCUT2D eigenvalue weighted by molar-refractivity contribution is 0.0474. The van der Waals surface area contributed by atoms with Crippen LogP contribution < -0.4 is 0 Å². The number of aliphatic hydroxyl groups is 1. The maximum atomic E-state index is 8.79. The van der Waals surface area contributed by atoms with Crippen LogP contribution in [0, 0.1) is 11.8 Å². The third-order valence-electron chi connectivity index (χ3n) is 4.98. The normalized spacial score (nSPS) is 31.5. The molecule has 2 aliphatic rings. The second-order valence-corrected chi connectivity index (χ2v) is 6.48. The standard InChI is InChI=1S/C18H32O3/c1-2-3-4-8-13-20-14-16-15(9-6-5-7-12-19)17-10-11-18(16)21-17/h5,7,15-19H,2-4,6,8-14H2,1H3/t15-,16+,17-,18+/m1/s1. The topological polar surface area (TPSA) is 38.7 Å². The average Bonchev–Trinajstić information content (AvgIpc) is 3.09. The van der Waals surface area contributed by atoms with E-state index in [4.69, 9.17) is 14.6 Å². The zero-order chi connectivity index (χ0) is 14.9. The second kappa shape index (κ2) is 9.60. The molecule has 2 heterocycles. The molecule has 4 atom stereocenters. The van der Waals surface area contributed by atoms with Gasteiger partial charge in [-0.05, 0) is 38.0 Å². The van der Waals surface area contributed by atoms with Crippen LogP contribution in [-0.2, 0) is 9.47 Å². The number of aliphatic hydroxyl groups excluding tert-OH is 1. The summed E-state index contributed by atoms with van der Waals surface area (Å²) < 4.78 is 12.0.